The first kappa shape index (κ1) is 13.0. The first-order valence-electron chi connectivity index (χ1n) is 5.40. The van der Waals surface area contributed by atoms with E-state index in [1.807, 2.05) is 19.9 Å². The molecule has 88 valence electrons. The Bertz CT molecular complexity index is 404. The minimum Gasteiger partial charge on any atom is -0.507 e. The maximum absolute atomic E-state index is 11.1. The van der Waals surface area contributed by atoms with E-state index in [9.17, 15) is 9.90 Å². The number of nitrogens with two attached hydrogens (primary N) is 1. The monoisotopic (exact) mass is 285 g/mol. The standard InChI is InChI=1S/C10H10BrNO2.C2H6/c11-8-3-5-1-2-6(10(12)14)7(5)4-9(8)13;1-2/h3-4,6,13H,1-2H2,(H2,12,14);1-2H3. The van der Waals surface area contributed by atoms with Crippen LogP contribution in [0.25, 0.3) is 0 Å². The number of hydrogen-bond donors (Lipinski definition) is 2. The van der Waals surface area contributed by atoms with Crippen molar-refractivity contribution in [2.45, 2.75) is 32.6 Å². The Labute approximate surface area is 104 Å². The summed E-state index contributed by atoms with van der Waals surface area (Å²) in [5, 5.41) is 9.48. The second-order valence-corrected chi connectivity index (χ2v) is 4.35. The summed E-state index contributed by atoms with van der Waals surface area (Å²) < 4.78 is 0.668. The summed E-state index contributed by atoms with van der Waals surface area (Å²) in [6.07, 6.45) is 1.60. The predicted octanol–water partition coefficient (Wildman–Crippen LogP) is 2.70. The first-order chi connectivity index (χ1) is 7.59. The van der Waals surface area contributed by atoms with Crippen LogP contribution >= 0.6 is 15.9 Å². The van der Waals surface area contributed by atoms with Crippen LogP contribution in [0.3, 0.4) is 0 Å². The molecule has 1 aromatic carbocycles. The van der Waals surface area contributed by atoms with Gasteiger partial charge in [0.1, 0.15) is 5.75 Å². The summed E-state index contributed by atoms with van der Waals surface area (Å²) in [6.45, 7) is 4.00. The van der Waals surface area contributed by atoms with E-state index in [1.165, 1.54) is 0 Å². The first-order valence-corrected chi connectivity index (χ1v) is 6.19. The van der Waals surface area contributed by atoms with Crippen molar-refractivity contribution in [1.82, 2.24) is 0 Å². The lowest BCUT2D eigenvalue weighted by Gasteiger charge is -2.07. The number of amides is 1. The smallest absolute Gasteiger partial charge is 0.224 e. The number of carbonyl (C=O) groups excluding carboxylic acids is 1. The average molecular weight is 286 g/mol. The van der Waals surface area contributed by atoms with Gasteiger partial charge < -0.3 is 10.8 Å². The second kappa shape index (κ2) is 5.34. The van der Waals surface area contributed by atoms with Gasteiger partial charge in [-0.2, -0.15) is 0 Å². The highest BCUT2D eigenvalue weighted by Gasteiger charge is 2.27. The molecule has 0 radical (unpaired) electrons. The van der Waals surface area contributed by atoms with Gasteiger partial charge in [0.2, 0.25) is 5.91 Å². The maximum atomic E-state index is 11.1. The molecule has 0 bridgehead atoms. The fraction of sp³-hybridized carbons (Fsp3) is 0.417. The number of benzene rings is 1. The van der Waals surface area contributed by atoms with Crippen LogP contribution in [-0.4, -0.2) is 11.0 Å². The number of aromatic hydroxyl groups is 1. The quantitative estimate of drug-likeness (QED) is 0.833. The van der Waals surface area contributed by atoms with E-state index >= 15 is 0 Å². The SMILES string of the molecule is CC.NC(=O)C1CCc2cc(Br)c(O)cc21. The number of phenolic OH excluding ortho intramolecular Hbond substituents is 1. The molecule has 0 aromatic heterocycles. The van der Waals surface area contributed by atoms with Gasteiger partial charge in [-0.05, 0) is 52.0 Å². The van der Waals surface area contributed by atoms with Gasteiger partial charge in [-0.3, -0.25) is 4.79 Å². The molecule has 1 aliphatic carbocycles. The Morgan fingerprint density at radius 1 is 1.50 bits per heavy atom. The zero-order valence-corrected chi connectivity index (χ0v) is 11.0. The fourth-order valence-electron chi connectivity index (χ4n) is 1.91. The highest BCUT2D eigenvalue weighted by Crippen LogP contribution is 2.38. The van der Waals surface area contributed by atoms with Crippen LogP contribution in [0.4, 0.5) is 0 Å². The van der Waals surface area contributed by atoms with Gasteiger partial charge in [-0.15, -0.1) is 0 Å². The Balaban J connectivity index is 0.000000606. The molecule has 3 N–H and O–H groups in total. The fourth-order valence-corrected chi connectivity index (χ4v) is 2.30. The molecule has 1 aliphatic rings. The lowest BCUT2D eigenvalue weighted by atomic mass is 10.0. The lowest BCUT2D eigenvalue weighted by molar-refractivity contribution is -0.119. The van der Waals surface area contributed by atoms with Crippen LogP contribution in [0.15, 0.2) is 16.6 Å². The van der Waals surface area contributed by atoms with Gasteiger partial charge in [0.15, 0.2) is 0 Å². The van der Waals surface area contributed by atoms with Crippen molar-refractivity contribution < 1.29 is 9.90 Å². The van der Waals surface area contributed by atoms with Crippen molar-refractivity contribution >= 4 is 21.8 Å². The maximum Gasteiger partial charge on any atom is 0.224 e. The van der Waals surface area contributed by atoms with E-state index in [0.29, 0.717) is 4.47 Å². The van der Waals surface area contributed by atoms with Gasteiger partial charge in [0.05, 0.1) is 10.4 Å². The molecule has 1 aromatic rings. The summed E-state index contributed by atoms with van der Waals surface area (Å²) >= 11 is 3.24. The molecule has 0 spiro atoms. The molecule has 3 nitrogen and oxygen atoms in total. The topological polar surface area (TPSA) is 63.3 Å². The summed E-state index contributed by atoms with van der Waals surface area (Å²) in [5.41, 5.74) is 7.24. The molecule has 0 heterocycles. The molecular weight excluding hydrogens is 270 g/mol. The molecule has 0 aliphatic heterocycles. The van der Waals surface area contributed by atoms with Gasteiger partial charge >= 0.3 is 0 Å². The zero-order chi connectivity index (χ0) is 12.3. The molecule has 4 heteroatoms. The van der Waals surface area contributed by atoms with E-state index in [-0.39, 0.29) is 17.6 Å². The van der Waals surface area contributed by atoms with Gasteiger partial charge in [-0.1, -0.05) is 13.8 Å². The van der Waals surface area contributed by atoms with E-state index in [1.54, 1.807) is 6.07 Å². The number of primary amides is 1. The Morgan fingerprint density at radius 2 is 2.12 bits per heavy atom. The van der Waals surface area contributed by atoms with Crippen LogP contribution < -0.4 is 5.73 Å². The third-order valence-electron chi connectivity index (χ3n) is 2.63. The number of phenols is 1. The highest BCUT2D eigenvalue weighted by molar-refractivity contribution is 9.10. The van der Waals surface area contributed by atoms with Gasteiger partial charge in [-0.25, -0.2) is 0 Å². The van der Waals surface area contributed by atoms with Crippen molar-refractivity contribution in [3.8, 4) is 5.75 Å². The van der Waals surface area contributed by atoms with Gasteiger partial charge in [0, 0.05) is 0 Å². The summed E-state index contributed by atoms with van der Waals surface area (Å²) in [6, 6.07) is 3.48. The number of carbonyl (C=O) groups is 1. The minimum atomic E-state index is -0.314. The Kier molecular flexibility index (Phi) is 4.35. The van der Waals surface area contributed by atoms with Crippen LogP contribution in [-0.2, 0) is 11.2 Å². The molecule has 16 heavy (non-hydrogen) atoms. The lowest BCUT2D eigenvalue weighted by Crippen LogP contribution is -2.19. The second-order valence-electron chi connectivity index (χ2n) is 3.50. The molecule has 2 rings (SSSR count). The van der Waals surface area contributed by atoms with Crippen LogP contribution in [0.5, 0.6) is 5.75 Å². The number of hydrogen-bond acceptors (Lipinski definition) is 2. The number of fused-ring (bicyclic) bond motifs is 1. The Morgan fingerprint density at radius 3 is 2.69 bits per heavy atom. The van der Waals surface area contributed by atoms with Crippen LogP contribution in [0.2, 0.25) is 0 Å². The van der Waals surface area contributed by atoms with Crippen molar-refractivity contribution in [2.75, 3.05) is 0 Å². The molecule has 0 saturated carbocycles. The van der Waals surface area contributed by atoms with E-state index < -0.39 is 0 Å². The normalized spacial score (nSPS) is 17.3. The number of rotatable bonds is 1. The third kappa shape index (κ3) is 2.38. The third-order valence-corrected chi connectivity index (χ3v) is 3.27. The van der Waals surface area contributed by atoms with Crippen molar-refractivity contribution in [2.24, 2.45) is 5.73 Å². The molecule has 1 atom stereocenters. The predicted molar refractivity (Wildman–Crippen MR) is 67.4 cm³/mol. The summed E-state index contributed by atoms with van der Waals surface area (Å²) in [7, 11) is 0. The van der Waals surface area contributed by atoms with Crippen molar-refractivity contribution in [3.63, 3.8) is 0 Å². The van der Waals surface area contributed by atoms with E-state index in [0.717, 1.165) is 24.0 Å². The minimum absolute atomic E-state index is 0.164. The van der Waals surface area contributed by atoms with Crippen LogP contribution in [0.1, 0.15) is 37.3 Å². The van der Waals surface area contributed by atoms with Gasteiger partial charge in [0.25, 0.3) is 0 Å². The van der Waals surface area contributed by atoms with Crippen molar-refractivity contribution in [3.05, 3.63) is 27.7 Å². The molecule has 0 saturated heterocycles. The average Bonchev–Trinajstić information content (AvgIpc) is 2.65. The van der Waals surface area contributed by atoms with Crippen molar-refractivity contribution in [1.29, 1.82) is 0 Å². The molecule has 1 amide bonds. The zero-order valence-electron chi connectivity index (χ0n) is 9.46. The number of aryl methyl sites for hydroxylation is 1. The molecule has 1 unspecified atom stereocenters. The highest BCUT2D eigenvalue weighted by atomic mass is 79.9. The van der Waals surface area contributed by atoms with E-state index in [4.69, 9.17) is 5.73 Å². The number of halogens is 1. The largest absolute Gasteiger partial charge is 0.507 e. The summed E-state index contributed by atoms with van der Waals surface area (Å²) in [5.74, 6) is -0.383. The molecular formula is C12H16BrNO2. The molecule has 0 fully saturated rings. The van der Waals surface area contributed by atoms with E-state index in [2.05, 4.69) is 15.9 Å². The van der Waals surface area contributed by atoms with Crippen LogP contribution in [0, 0.1) is 0 Å². The Hall–Kier alpha value is -1.03. The summed E-state index contributed by atoms with van der Waals surface area (Å²) in [4.78, 5) is 11.1.